The second-order valence-corrected chi connectivity index (χ2v) is 4.95. The summed E-state index contributed by atoms with van der Waals surface area (Å²) in [5.74, 6) is 1.50. The zero-order valence-corrected chi connectivity index (χ0v) is 11.1. The van der Waals surface area contributed by atoms with Crippen LogP contribution in [0.15, 0.2) is 17.9 Å². The van der Waals surface area contributed by atoms with E-state index in [0.29, 0.717) is 5.92 Å². The Morgan fingerprint density at radius 2 is 1.87 bits per heavy atom. The van der Waals surface area contributed by atoms with Gasteiger partial charge in [0, 0.05) is 0 Å². The smallest absolute Gasteiger partial charge is 0.0156 e. The van der Waals surface area contributed by atoms with E-state index in [1.165, 1.54) is 44.1 Å². The van der Waals surface area contributed by atoms with Gasteiger partial charge in [-0.05, 0) is 30.8 Å². The van der Waals surface area contributed by atoms with Crippen LogP contribution in [-0.4, -0.2) is 0 Å². The molecule has 0 aliphatic rings. The second kappa shape index (κ2) is 8.80. The molecule has 0 heterocycles. The summed E-state index contributed by atoms with van der Waals surface area (Å²) in [7, 11) is 0. The normalized spacial score (nSPS) is 14.4. The minimum Gasteiger partial charge on any atom is -0.130 e. The highest BCUT2D eigenvalue weighted by Gasteiger charge is 2.09. The lowest BCUT2D eigenvalue weighted by atomic mass is 9.89. The van der Waals surface area contributed by atoms with Crippen molar-refractivity contribution < 1.29 is 0 Å². The Hall–Kier alpha value is -0.480. The Bertz CT molecular complexity index is 196. The Kier molecular flexibility index (Phi) is 8.52. The summed E-state index contributed by atoms with van der Waals surface area (Å²) in [6, 6.07) is 0. The van der Waals surface area contributed by atoms with Gasteiger partial charge in [-0.1, -0.05) is 59.5 Å². The van der Waals surface area contributed by atoms with E-state index in [2.05, 4.69) is 40.0 Å². The van der Waals surface area contributed by atoms with Gasteiger partial charge in [0.05, 0.1) is 0 Å². The van der Waals surface area contributed by atoms with Crippen LogP contribution in [0, 0.1) is 11.8 Å². The molecule has 0 radical (unpaired) electrons. The fourth-order valence-electron chi connectivity index (χ4n) is 1.99. The number of rotatable bonds is 8. The molecule has 2 unspecified atom stereocenters. The van der Waals surface area contributed by atoms with E-state index in [0.717, 1.165) is 5.92 Å². The van der Waals surface area contributed by atoms with Gasteiger partial charge in [0.2, 0.25) is 0 Å². The molecule has 15 heavy (non-hydrogen) atoms. The molecule has 0 amide bonds. The fourth-order valence-corrected chi connectivity index (χ4v) is 1.99. The maximum Gasteiger partial charge on any atom is -0.0156 e. The highest BCUT2D eigenvalue weighted by Crippen LogP contribution is 2.22. The average Bonchev–Trinajstić information content (AvgIpc) is 2.23. The van der Waals surface area contributed by atoms with Crippen molar-refractivity contribution in [1.29, 1.82) is 0 Å². The molecule has 0 rings (SSSR count). The van der Waals surface area contributed by atoms with Crippen LogP contribution >= 0.6 is 0 Å². The Morgan fingerprint density at radius 1 is 1.20 bits per heavy atom. The first-order valence-electron chi connectivity index (χ1n) is 6.48. The SMILES string of the molecule is C=C=C(C)C(C)CC(C)CCCCCC. The molecular weight excluding hydrogens is 180 g/mol. The van der Waals surface area contributed by atoms with Crippen molar-refractivity contribution in [1.82, 2.24) is 0 Å². The molecular formula is C15H28. The van der Waals surface area contributed by atoms with Crippen LogP contribution in [-0.2, 0) is 0 Å². The second-order valence-electron chi connectivity index (χ2n) is 4.95. The third-order valence-corrected chi connectivity index (χ3v) is 3.32. The Morgan fingerprint density at radius 3 is 2.40 bits per heavy atom. The van der Waals surface area contributed by atoms with Crippen LogP contribution in [0.4, 0.5) is 0 Å². The molecule has 0 saturated carbocycles. The van der Waals surface area contributed by atoms with Gasteiger partial charge in [-0.25, -0.2) is 0 Å². The lowest BCUT2D eigenvalue weighted by Crippen LogP contribution is -2.04. The van der Waals surface area contributed by atoms with Crippen molar-refractivity contribution in [2.24, 2.45) is 11.8 Å². The summed E-state index contributed by atoms with van der Waals surface area (Å²) in [6.45, 7) is 12.8. The first-order chi connectivity index (χ1) is 7.11. The van der Waals surface area contributed by atoms with Crippen LogP contribution in [0.1, 0.15) is 66.2 Å². The topological polar surface area (TPSA) is 0 Å². The molecule has 0 nitrogen and oxygen atoms in total. The maximum absolute atomic E-state index is 3.71. The summed E-state index contributed by atoms with van der Waals surface area (Å²) in [5, 5.41) is 0. The predicted octanol–water partition coefficient (Wildman–Crippen LogP) is 5.35. The molecule has 0 aromatic rings. The van der Waals surface area contributed by atoms with Crippen molar-refractivity contribution in [2.75, 3.05) is 0 Å². The zero-order valence-electron chi connectivity index (χ0n) is 11.1. The van der Waals surface area contributed by atoms with Crippen molar-refractivity contribution in [3.05, 3.63) is 17.9 Å². The summed E-state index contributed by atoms with van der Waals surface area (Å²) >= 11 is 0. The number of allylic oxidation sites excluding steroid dienone is 1. The van der Waals surface area contributed by atoms with E-state index >= 15 is 0 Å². The molecule has 0 aliphatic carbocycles. The summed E-state index contributed by atoms with van der Waals surface area (Å²) in [5.41, 5.74) is 4.33. The lowest BCUT2D eigenvalue weighted by molar-refractivity contribution is 0.409. The summed E-state index contributed by atoms with van der Waals surface area (Å²) in [6.07, 6.45) is 8.22. The van der Waals surface area contributed by atoms with Crippen LogP contribution in [0.5, 0.6) is 0 Å². The monoisotopic (exact) mass is 208 g/mol. The van der Waals surface area contributed by atoms with Gasteiger partial charge < -0.3 is 0 Å². The lowest BCUT2D eigenvalue weighted by Gasteiger charge is -2.16. The predicted molar refractivity (Wildman–Crippen MR) is 70.0 cm³/mol. The zero-order chi connectivity index (χ0) is 11.7. The van der Waals surface area contributed by atoms with Crippen LogP contribution in [0.25, 0.3) is 0 Å². The van der Waals surface area contributed by atoms with E-state index in [9.17, 15) is 0 Å². The van der Waals surface area contributed by atoms with Crippen molar-refractivity contribution in [3.63, 3.8) is 0 Å². The highest BCUT2D eigenvalue weighted by atomic mass is 14.1. The molecule has 0 N–H and O–H groups in total. The van der Waals surface area contributed by atoms with Crippen LogP contribution in [0.2, 0.25) is 0 Å². The van der Waals surface area contributed by atoms with E-state index in [-0.39, 0.29) is 0 Å². The van der Waals surface area contributed by atoms with Gasteiger partial charge in [-0.15, -0.1) is 5.73 Å². The van der Waals surface area contributed by atoms with Gasteiger partial charge in [0.15, 0.2) is 0 Å². The largest absolute Gasteiger partial charge is 0.130 e. The van der Waals surface area contributed by atoms with Crippen molar-refractivity contribution in [3.8, 4) is 0 Å². The summed E-state index contributed by atoms with van der Waals surface area (Å²) in [4.78, 5) is 0. The van der Waals surface area contributed by atoms with Gasteiger partial charge >= 0.3 is 0 Å². The minimum absolute atomic E-state index is 0.656. The number of hydrogen-bond donors (Lipinski definition) is 0. The van der Waals surface area contributed by atoms with Gasteiger partial charge in [0.1, 0.15) is 0 Å². The van der Waals surface area contributed by atoms with Crippen LogP contribution in [0.3, 0.4) is 0 Å². The molecule has 0 aromatic carbocycles. The van der Waals surface area contributed by atoms with Crippen LogP contribution < -0.4 is 0 Å². The molecule has 0 heteroatoms. The highest BCUT2D eigenvalue weighted by molar-refractivity contribution is 4.99. The fraction of sp³-hybridized carbons (Fsp3) is 0.800. The molecule has 88 valence electrons. The first kappa shape index (κ1) is 14.5. The van der Waals surface area contributed by atoms with E-state index in [1.807, 2.05) is 0 Å². The summed E-state index contributed by atoms with van der Waals surface area (Å²) < 4.78 is 0. The van der Waals surface area contributed by atoms with E-state index < -0.39 is 0 Å². The third-order valence-electron chi connectivity index (χ3n) is 3.32. The Labute approximate surface area is 96.5 Å². The van der Waals surface area contributed by atoms with E-state index in [1.54, 1.807) is 0 Å². The molecule has 0 saturated heterocycles. The molecule has 0 aromatic heterocycles. The van der Waals surface area contributed by atoms with Gasteiger partial charge in [-0.3, -0.25) is 0 Å². The number of hydrogen-bond acceptors (Lipinski definition) is 0. The quantitative estimate of drug-likeness (QED) is 0.372. The third kappa shape index (κ3) is 7.45. The average molecular weight is 208 g/mol. The molecule has 0 fully saturated rings. The standard InChI is InChI=1S/C15H28/c1-6-8-9-10-11-13(3)12-15(5)14(4)7-2/h13,15H,2,6,8-12H2,1,3-5H3. The first-order valence-corrected chi connectivity index (χ1v) is 6.48. The van der Waals surface area contributed by atoms with Gasteiger partial charge in [0.25, 0.3) is 0 Å². The minimum atomic E-state index is 0.656. The van der Waals surface area contributed by atoms with Crippen molar-refractivity contribution in [2.45, 2.75) is 66.2 Å². The Balaban J connectivity index is 3.64. The van der Waals surface area contributed by atoms with E-state index in [4.69, 9.17) is 0 Å². The van der Waals surface area contributed by atoms with Gasteiger partial charge in [-0.2, -0.15) is 0 Å². The molecule has 2 atom stereocenters. The molecule has 0 aliphatic heterocycles. The maximum atomic E-state index is 3.71. The molecule has 0 spiro atoms. The molecule has 0 bridgehead atoms. The van der Waals surface area contributed by atoms with Crippen molar-refractivity contribution >= 4 is 0 Å². The number of unbranched alkanes of at least 4 members (excludes halogenated alkanes) is 3.